The number of halogens is 3. The molecule has 2 N–H and O–H groups in total. The van der Waals surface area contributed by atoms with E-state index >= 15 is 0 Å². The van der Waals surface area contributed by atoms with Crippen molar-refractivity contribution in [3.8, 4) is 0 Å². The van der Waals surface area contributed by atoms with Crippen molar-refractivity contribution in [3.63, 3.8) is 0 Å². The van der Waals surface area contributed by atoms with Crippen LogP contribution in [0.1, 0.15) is 170 Å². The molecule has 3 heterocycles. The molecular weight excluding hydrogens is 963 g/mol. The summed E-state index contributed by atoms with van der Waals surface area (Å²) in [6.45, 7) is 14.1. The zero-order chi connectivity index (χ0) is 53.9. The van der Waals surface area contributed by atoms with E-state index in [9.17, 15) is 47.4 Å². The molecule has 0 aromatic rings. The minimum atomic E-state index is -4.79. The van der Waals surface area contributed by atoms with E-state index in [0.717, 1.165) is 88.4 Å². The fourth-order valence-electron chi connectivity index (χ4n) is 20.4. The second kappa shape index (κ2) is 19.8. The summed E-state index contributed by atoms with van der Waals surface area (Å²) in [4.78, 5) is 64.1. The number of likely N-dealkylation sites (N-methyl/N-ethyl adjacent to an activating group) is 2. The molecule has 10 nitrogen and oxygen atoms in total. The number of rotatable bonds is 1. The van der Waals surface area contributed by atoms with E-state index < -0.39 is 11.9 Å². The molecule has 12 rings (SSSR count). The van der Waals surface area contributed by atoms with E-state index in [1.54, 1.807) is 12.2 Å². The van der Waals surface area contributed by atoms with Crippen LogP contribution in [0.15, 0.2) is 24.3 Å². The van der Waals surface area contributed by atoms with Gasteiger partial charge in [-0.2, -0.15) is 0 Å². The molecule has 0 bridgehead atoms. The first-order chi connectivity index (χ1) is 34.6. The Balaban J connectivity index is 0.000000127. The fourth-order valence-corrected chi connectivity index (χ4v) is 20.5. The zero-order valence-electron chi connectivity index (χ0n) is 45.9. The molecule has 3 amide bonds. The normalized spacial score (nSPS) is 48.4. The van der Waals surface area contributed by atoms with Gasteiger partial charge in [0.25, 0.3) is 0 Å². The van der Waals surface area contributed by atoms with Crippen LogP contribution in [0.25, 0.3) is 0 Å². The summed E-state index contributed by atoms with van der Waals surface area (Å²) in [6.07, 6.45) is 25.2. The summed E-state index contributed by atoms with van der Waals surface area (Å²) in [5.41, 5.74) is -1.19. The monoisotopic (exact) mass is 1050 g/mol. The molecule has 410 valence electrons. The third-order valence-electron chi connectivity index (χ3n) is 24.8. The molecular formula is C59H87BF3N3O7S. The predicted octanol–water partition coefficient (Wildman–Crippen LogP) is 10.3. The quantitative estimate of drug-likeness (QED) is 0.248. The van der Waals surface area contributed by atoms with Crippen LogP contribution >= 0.6 is 12.1 Å². The molecule has 20 atom stereocenters. The van der Waals surface area contributed by atoms with E-state index in [2.05, 4.69) is 70.6 Å². The number of alkyl halides is 3. The van der Waals surface area contributed by atoms with E-state index in [-0.39, 0.29) is 57.3 Å². The number of likely N-dealkylation sites (tertiary alicyclic amines) is 1. The van der Waals surface area contributed by atoms with Gasteiger partial charge in [-0.3, -0.25) is 19.2 Å². The van der Waals surface area contributed by atoms with Crippen LogP contribution in [-0.4, -0.2) is 118 Å². The number of hydrogen-bond donors (Lipinski definition) is 2. The molecule has 0 radical (unpaired) electrons. The van der Waals surface area contributed by atoms with Crippen molar-refractivity contribution in [2.24, 2.45) is 85.8 Å². The van der Waals surface area contributed by atoms with Gasteiger partial charge >= 0.3 is 48.0 Å². The maximum atomic E-state index is 12.4. The number of carbonyl (C=O) groups is 5. The van der Waals surface area contributed by atoms with Crippen LogP contribution in [0, 0.1) is 85.8 Å². The summed E-state index contributed by atoms with van der Waals surface area (Å²) in [5, 5.41) is 21.0. The van der Waals surface area contributed by atoms with Gasteiger partial charge in [-0.05, 0) is 197 Å². The first-order valence-corrected chi connectivity index (χ1v) is 29.2. The third-order valence-corrected chi connectivity index (χ3v) is 25.0. The second-order valence-electron chi connectivity index (χ2n) is 27.4. The molecule has 10 fully saturated rings. The molecule has 74 heavy (non-hydrogen) atoms. The van der Waals surface area contributed by atoms with Crippen molar-refractivity contribution < 1.29 is 47.4 Å². The number of ketones is 1. The summed E-state index contributed by atoms with van der Waals surface area (Å²) < 4.78 is 33.0. The molecule has 6 unspecified atom stereocenters. The Hall–Kier alpha value is -2.78. The van der Waals surface area contributed by atoms with E-state index in [1.807, 2.05) is 30.9 Å². The van der Waals surface area contributed by atoms with Gasteiger partial charge in [-0.1, -0.05) is 53.7 Å². The number of piperidine rings is 1. The van der Waals surface area contributed by atoms with E-state index in [0.29, 0.717) is 70.7 Å². The Morgan fingerprint density at radius 1 is 0.541 bits per heavy atom. The van der Waals surface area contributed by atoms with Crippen LogP contribution in [-0.2, 0) is 24.0 Å². The number of aliphatic hydroxyl groups excluding tert-OH is 2. The fraction of sp³-hybridized carbons (Fsp3) is 0.847. The predicted molar refractivity (Wildman–Crippen MR) is 282 cm³/mol. The molecule has 0 aromatic carbocycles. The Kier molecular flexibility index (Phi) is 15.0. The van der Waals surface area contributed by atoms with Gasteiger partial charge in [-0.15, -0.1) is 0 Å². The Morgan fingerprint density at radius 3 is 1.45 bits per heavy atom. The van der Waals surface area contributed by atoms with Gasteiger partial charge in [0.05, 0.1) is 12.2 Å². The second-order valence-corrected chi connectivity index (χ2v) is 27.6. The Labute approximate surface area is 445 Å². The van der Waals surface area contributed by atoms with Crippen LogP contribution in [0.4, 0.5) is 13.2 Å². The molecule has 9 aliphatic carbocycles. The first kappa shape index (κ1) is 56.0. The van der Waals surface area contributed by atoms with Gasteiger partial charge in [0.1, 0.15) is 5.78 Å². The average molecular weight is 1050 g/mol. The van der Waals surface area contributed by atoms with Gasteiger partial charge in [0.2, 0.25) is 17.7 Å². The summed E-state index contributed by atoms with van der Waals surface area (Å²) >= 11 is 3.73. The first-order valence-electron chi connectivity index (χ1n) is 28.7. The van der Waals surface area contributed by atoms with Gasteiger partial charge in [-0.25, -0.2) is 0 Å². The molecule has 9 saturated carbocycles. The summed E-state index contributed by atoms with van der Waals surface area (Å²) in [5.74, 6) is 7.35. The third kappa shape index (κ3) is 8.81. The van der Waals surface area contributed by atoms with Crippen molar-refractivity contribution in [1.82, 2.24) is 14.7 Å². The van der Waals surface area contributed by atoms with E-state index in [4.69, 9.17) is 0 Å². The number of nitrogens with zero attached hydrogens (tertiary/aromatic N) is 3. The summed E-state index contributed by atoms with van der Waals surface area (Å²) in [7, 11) is 5.96. The number of carbonyl (C=O) groups excluding carboxylic acids is 5. The van der Waals surface area contributed by atoms with Gasteiger partial charge < -0.3 is 24.9 Å². The zero-order valence-corrected chi connectivity index (χ0v) is 46.7. The number of amides is 3. The van der Waals surface area contributed by atoms with Crippen LogP contribution < -0.4 is 0 Å². The van der Waals surface area contributed by atoms with Gasteiger partial charge in [0.15, 0.2) is 0 Å². The van der Waals surface area contributed by atoms with Crippen LogP contribution in [0.3, 0.4) is 0 Å². The van der Waals surface area contributed by atoms with Crippen molar-refractivity contribution in [2.75, 3.05) is 21.1 Å². The maximum absolute atomic E-state index is 12.4. The number of aliphatic hydroxyl groups is 2. The molecule has 0 aromatic heterocycles. The Bertz CT molecular complexity index is 2320. The van der Waals surface area contributed by atoms with E-state index in [1.165, 1.54) is 57.8 Å². The number of fused-ring (bicyclic) bond motifs is 15. The van der Waals surface area contributed by atoms with Gasteiger partial charge in [0, 0.05) is 68.4 Å². The topological polar surface area (TPSA) is 136 Å². The van der Waals surface area contributed by atoms with Crippen molar-refractivity contribution >= 4 is 47.4 Å². The van der Waals surface area contributed by atoms with Crippen molar-refractivity contribution in [2.45, 2.75) is 206 Å². The molecule has 3 aliphatic heterocycles. The van der Waals surface area contributed by atoms with Crippen LogP contribution in [0.5, 0.6) is 0 Å². The van der Waals surface area contributed by atoms with Crippen LogP contribution in [0.2, 0.25) is 0 Å². The Morgan fingerprint density at radius 2 is 0.973 bits per heavy atom. The molecule has 15 heteroatoms. The average Bonchev–Trinajstić information content (AvgIpc) is 3.97. The number of hydrogen-bond acceptors (Lipinski definition) is 8. The van der Waals surface area contributed by atoms with Crippen molar-refractivity contribution in [3.05, 3.63) is 24.3 Å². The molecule has 0 spiro atoms. The molecule has 1 saturated heterocycles. The standard InChI is InChI=1S/C19H31NO2.C19H29NO2.C19H27NO2.C2BF3OS/c3*1-18-11-9-17(22)20(3)15(18)6-4-12-13-5-7-16(21)19(13,2)10-8-14(12)18;4-2(5,6)1(7)3-8/h12-16,21H,4-11H2,1-3H3;9,11-16,21H,4-8,10H2,1-3H3;9,11-15H,4-8,10H2,1-3H3;/t2*12?,13-,14?,15+,16-,18+,19-;12?,13-,14?,15+,18+,19-;/m000./s1. The molecule has 12 aliphatic rings. The van der Waals surface area contributed by atoms with Crippen molar-refractivity contribution in [1.29, 1.82) is 0 Å². The SMILES string of the molecule is CN1C(=O)C=C[C@]2(C)C3CC[C@]4(C)C(=O)CC[C@H]4C3CC[C@@H]12.CN1C(=O)C=C[C@]2(C)C3CC[C@]4(C)[C@@H](O)CC[C@H]4C3CC[C@@H]12.CN1C(=O)CC[C@]2(C)C3CC[C@]4(C)[C@@H](O)CC[C@H]4C3CC[C@@H]12.O=C(B=S)C(F)(F)F. The number of Topliss-reactive ketones (excluding diaryl/α,β-unsaturated/α-hetero) is 1. The summed E-state index contributed by atoms with van der Waals surface area (Å²) in [6, 6.07) is 1.15. The minimum absolute atomic E-state index is 0.0511.